The molecule has 1 aliphatic rings. The number of esters is 4. The van der Waals surface area contributed by atoms with E-state index in [1.165, 1.54) is 0 Å². The van der Waals surface area contributed by atoms with Gasteiger partial charge in [0.05, 0.1) is 27.8 Å². The van der Waals surface area contributed by atoms with E-state index in [1.54, 1.807) is 121 Å². The number of ether oxygens (including phenoxy) is 5. The van der Waals surface area contributed by atoms with Crippen molar-refractivity contribution in [2.45, 2.75) is 30.6 Å². The van der Waals surface area contributed by atoms with Crippen molar-refractivity contribution in [1.29, 1.82) is 0 Å². The van der Waals surface area contributed by atoms with E-state index in [0.717, 1.165) is 5.39 Å². The predicted octanol–water partition coefficient (Wildman–Crippen LogP) is 6.37. The Morgan fingerprint density at radius 2 is 1.00 bits per heavy atom. The van der Waals surface area contributed by atoms with Crippen molar-refractivity contribution in [2.24, 2.45) is 0 Å². The minimum Gasteiger partial charge on any atom is -0.459 e. The third kappa shape index (κ3) is 9.06. The van der Waals surface area contributed by atoms with Gasteiger partial charge in [-0.05, 0) is 60.7 Å². The average molecular weight is 767 g/mol. The van der Waals surface area contributed by atoms with Crippen molar-refractivity contribution in [3.63, 3.8) is 0 Å². The van der Waals surface area contributed by atoms with E-state index in [9.17, 15) is 19.2 Å². The molecule has 0 bridgehead atoms. The molecule has 0 spiro atoms. The molecule has 0 aliphatic carbocycles. The normalized spacial score (nSPS) is 18.8. The molecule has 2 heterocycles. The largest absolute Gasteiger partial charge is 0.459 e. The predicted molar refractivity (Wildman–Crippen MR) is 210 cm³/mol. The van der Waals surface area contributed by atoms with Crippen LogP contribution in [0, 0.1) is 0 Å². The van der Waals surface area contributed by atoms with Gasteiger partial charge in [0, 0.05) is 19.5 Å². The highest BCUT2D eigenvalue weighted by atomic mass is 16.7. The Kier molecular flexibility index (Phi) is 11.8. The molecule has 7 rings (SSSR count). The zero-order chi connectivity index (χ0) is 39.7. The van der Waals surface area contributed by atoms with Crippen LogP contribution in [-0.4, -0.2) is 85.2 Å². The second-order valence-electron chi connectivity index (χ2n) is 13.2. The lowest BCUT2D eigenvalue weighted by atomic mass is 9.96. The summed E-state index contributed by atoms with van der Waals surface area (Å²) in [7, 11) is 3.67. The van der Waals surface area contributed by atoms with E-state index >= 15 is 0 Å². The Morgan fingerprint density at radius 1 is 0.561 bits per heavy atom. The lowest BCUT2D eigenvalue weighted by Gasteiger charge is -2.44. The maximum Gasteiger partial charge on any atom is 0.338 e. The van der Waals surface area contributed by atoms with E-state index in [4.69, 9.17) is 33.7 Å². The van der Waals surface area contributed by atoms with Gasteiger partial charge in [0.25, 0.3) is 0 Å². The van der Waals surface area contributed by atoms with Crippen LogP contribution in [0.1, 0.15) is 41.4 Å². The van der Waals surface area contributed by atoms with Crippen LogP contribution in [0.5, 0.6) is 0 Å². The topological polar surface area (TPSA) is 155 Å². The average Bonchev–Trinajstić information content (AvgIpc) is 3.25. The van der Waals surface area contributed by atoms with Crippen LogP contribution in [-0.2, 0) is 23.7 Å². The fourth-order valence-corrected chi connectivity index (χ4v) is 6.28. The molecular formula is C44H38N4O9. The molecule has 57 heavy (non-hydrogen) atoms. The fourth-order valence-electron chi connectivity index (χ4n) is 6.28. The lowest BCUT2D eigenvalue weighted by molar-refractivity contribution is -0.222. The SMILES string of the molecule is CN(C)c1nc(N[C@@H]2O[C@H](COC(=O)c3ccccc3)[C@H](OC(=O)c3ccccc3)[C@H](OC(=O)c3ccccc3)[C@H]2OC(=O)c2ccccc2)nc2ccccc12. The molecule has 6 aromatic rings. The minimum atomic E-state index is -1.54. The molecule has 1 saturated heterocycles. The highest BCUT2D eigenvalue weighted by Crippen LogP contribution is 2.33. The van der Waals surface area contributed by atoms with Crippen LogP contribution in [0.2, 0.25) is 0 Å². The first-order chi connectivity index (χ1) is 27.7. The van der Waals surface area contributed by atoms with Gasteiger partial charge < -0.3 is 33.9 Å². The minimum absolute atomic E-state index is 0.0797. The molecule has 5 atom stereocenters. The van der Waals surface area contributed by atoms with Crippen LogP contribution in [0.15, 0.2) is 146 Å². The monoisotopic (exact) mass is 766 g/mol. The third-order valence-corrected chi connectivity index (χ3v) is 9.06. The van der Waals surface area contributed by atoms with Crippen molar-refractivity contribution in [3.8, 4) is 0 Å². The standard InChI is InChI=1S/C44H38N4O9/c1-48(2)38-32-25-15-16-26-33(32)45-44(46-38)47-39-37(57-43(52)31-23-13-6-14-24-31)36(56-42(51)30-21-11-5-12-22-30)35(55-41(50)29-19-9-4-10-20-29)34(54-39)27-53-40(49)28-17-7-3-8-18-28/h3-26,34-37,39H,27H2,1-2H3,(H,45,46,47)/t34-,35+,36+,37-,39-/m1/s1. The quantitative estimate of drug-likeness (QED) is 0.109. The van der Waals surface area contributed by atoms with Crippen molar-refractivity contribution in [3.05, 3.63) is 168 Å². The second kappa shape index (κ2) is 17.6. The fraction of sp³-hybridized carbons (Fsp3) is 0.182. The number of anilines is 2. The summed E-state index contributed by atoms with van der Waals surface area (Å²) in [6.45, 7) is -0.473. The van der Waals surface area contributed by atoms with Crippen molar-refractivity contribution in [1.82, 2.24) is 9.97 Å². The number of para-hydroxylation sites is 1. The number of nitrogens with zero attached hydrogens (tertiary/aromatic N) is 3. The number of fused-ring (bicyclic) bond motifs is 1. The summed E-state index contributed by atoms with van der Waals surface area (Å²) < 4.78 is 30.8. The second-order valence-corrected chi connectivity index (χ2v) is 13.2. The van der Waals surface area contributed by atoms with Crippen LogP contribution < -0.4 is 10.2 Å². The first-order valence-electron chi connectivity index (χ1n) is 18.1. The molecule has 0 radical (unpaired) electrons. The van der Waals surface area contributed by atoms with E-state index in [-0.39, 0.29) is 28.2 Å². The summed E-state index contributed by atoms with van der Waals surface area (Å²) >= 11 is 0. The highest BCUT2D eigenvalue weighted by Gasteiger charge is 2.53. The third-order valence-electron chi connectivity index (χ3n) is 9.06. The van der Waals surface area contributed by atoms with Gasteiger partial charge in [-0.1, -0.05) is 84.9 Å². The molecule has 288 valence electrons. The number of rotatable bonds is 12. The molecule has 0 saturated carbocycles. The maximum absolute atomic E-state index is 13.9. The van der Waals surface area contributed by atoms with Gasteiger partial charge in [-0.25, -0.2) is 24.2 Å². The van der Waals surface area contributed by atoms with E-state index in [2.05, 4.69) is 5.32 Å². The van der Waals surface area contributed by atoms with Gasteiger partial charge in [-0.2, -0.15) is 4.98 Å². The number of hydrogen-bond acceptors (Lipinski definition) is 13. The summed E-state index contributed by atoms with van der Waals surface area (Å²) in [5.74, 6) is -2.41. The molecule has 1 aliphatic heterocycles. The molecule has 1 fully saturated rings. The van der Waals surface area contributed by atoms with Gasteiger partial charge >= 0.3 is 23.9 Å². The Morgan fingerprint density at radius 3 is 1.51 bits per heavy atom. The number of aromatic nitrogens is 2. The van der Waals surface area contributed by atoms with Crippen molar-refractivity contribution < 1.29 is 42.9 Å². The van der Waals surface area contributed by atoms with E-state index < -0.39 is 61.1 Å². The molecular weight excluding hydrogens is 729 g/mol. The molecule has 13 nitrogen and oxygen atoms in total. The summed E-state index contributed by atoms with van der Waals surface area (Å²) in [4.78, 5) is 66.1. The van der Waals surface area contributed by atoms with Gasteiger partial charge in [-0.15, -0.1) is 0 Å². The maximum atomic E-state index is 13.9. The molecule has 0 amide bonds. The number of nitrogens with one attached hydrogen (secondary N) is 1. The Hall–Kier alpha value is -7.12. The first-order valence-corrected chi connectivity index (χ1v) is 18.1. The van der Waals surface area contributed by atoms with Crippen LogP contribution in [0.4, 0.5) is 11.8 Å². The molecule has 0 unspecified atom stereocenters. The summed E-state index contributed by atoms with van der Waals surface area (Å²) in [5.41, 5.74) is 1.42. The summed E-state index contributed by atoms with van der Waals surface area (Å²) in [6, 6.07) is 40.3. The van der Waals surface area contributed by atoms with Gasteiger partial charge in [0.2, 0.25) is 5.95 Å². The van der Waals surface area contributed by atoms with Gasteiger partial charge in [0.1, 0.15) is 18.5 Å². The van der Waals surface area contributed by atoms with Crippen molar-refractivity contribution in [2.75, 3.05) is 30.9 Å². The van der Waals surface area contributed by atoms with Gasteiger partial charge in [0.15, 0.2) is 24.5 Å². The Labute approximate surface area is 328 Å². The lowest BCUT2D eigenvalue weighted by Crippen LogP contribution is -2.64. The van der Waals surface area contributed by atoms with Crippen LogP contribution in [0.25, 0.3) is 10.9 Å². The summed E-state index contributed by atoms with van der Waals surface area (Å²) in [6.07, 6.45) is -7.20. The van der Waals surface area contributed by atoms with Crippen LogP contribution >= 0.6 is 0 Å². The van der Waals surface area contributed by atoms with E-state index in [0.29, 0.717) is 11.3 Å². The molecule has 5 aromatic carbocycles. The zero-order valence-electron chi connectivity index (χ0n) is 31.0. The number of hydrogen-bond donors (Lipinski definition) is 1. The molecule has 13 heteroatoms. The molecule has 1 aromatic heterocycles. The van der Waals surface area contributed by atoms with Crippen molar-refractivity contribution >= 4 is 46.5 Å². The highest BCUT2D eigenvalue weighted by molar-refractivity contribution is 5.92. The van der Waals surface area contributed by atoms with Crippen LogP contribution in [0.3, 0.4) is 0 Å². The zero-order valence-corrected chi connectivity index (χ0v) is 31.0. The molecule has 1 N–H and O–H groups in total. The number of benzene rings is 5. The first kappa shape index (κ1) is 38.2. The van der Waals surface area contributed by atoms with E-state index in [1.807, 2.05) is 43.3 Å². The summed E-state index contributed by atoms with van der Waals surface area (Å²) in [5, 5.41) is 3.93. The number of carbonyl (C=O) groups is 4. The Bertz CT molecular complexity index is 2330. The number of carbonyl (C=O) groups excluding carboxylic acids is 4. The smallest absolute Gasteiger partial charge is 0.338 e. The van der Waals surface area contributed by atoms with Gasteiger partial charge in [-0.3, -0.25) is 0 Å². The Balaban J connectivity index is 1.33.